The van der Waals surface area contributed by atoms with Gasteiger partial charge < -0.3 is 5.32 Å². The fourth-order valence-corrected chi connectivity index (χ4v) is 2.86. The largest absolute Gasteiger partial charge is 0.382 e. The minimum absolute atomic E-state index is 0.647. The van der Waals surface area contributed by atoms with Crippen molar-refractivity contribution >= 4 is 5.69 Å². The van der Waals surface area contributed by atoms with Gasteiger partial charge in [-0.25, -0.2) is 0 Å². The maximum absolute atomic E-state index is 3.76. The Morgan fingerprint density at radius 1 is 1.18 bits per heavy atom. The Labute approximate surface area is 106 Å². The number of anilines is 1. The first-order valence-electron chi connectivity index (χ1n) is 7.22. The SMILES string of the molecule is CCCC(CC)Nc1cccc2c1CCCC2. The number of aryl methyl sites for hydroxylation is 1. The molecule has 1 N–H and O–H groups in total. The van der Waals surface area contributed by atoms with Gasteiger partial charge in [-0.1, -0.05) is 32.4 Å². The molecule has 0 spiro atoms. The first kappa shape index (κ1) is 12.5. The number of rotatable bonds is 5. The summed E-state index contributed by atoms with van der Waals surface area (Å²) in [7, 11) is 0. The molecule has 0 fully saturated rings. The third-order valence-electron chi connectivity index (χ3n) is 3.89. The number of hydrogen-bond donors (Lipinski definition) is 1. The van der Waals surface area contributed by atoms with E-state index in [9.17, 15) is 0 Å². The van der Waals surface area contributed by atoms with Crippen LogP contribution in [-0.2, 0) is 12.8 Å². The lowest BCUT2D eigenvalue weighted by atomic mass is 9.90. The molecule has 1 heteroatoms. The summed E-state index contributed by atoms with van der Waals surface area (Å²) in [5.41, 5.74) is 4.57. The second-order valence-corrected chi connectivity index (χ2v) is 5.19. The summed E-state index contributed by atoms with van der Waals surface area (Å²) in [5.74, 6) is 0. The Morgan fingerprint density at radius 3 is 2.76 bits per heavy atom. The molecule has 1 aliphatic rings. The van der Waals surface area contributed by atoms with Gasteiger partial charge in [0.15, 0.2) is 0 Å². The highest BCUT2D eigenvalue weighted by Gasteiger charge is 2.14. The van der Waals surface area contributed by atoms with Crippen LogP contribution in [0.25, 0.3) is 0 Å². The number of fused-ring (bicyclic) bond motifs is 1. The van der Waals surface area contributed by atoms with Gasteiger partial charge in [0.1, 0.15) is 0 Å². The lowest BCUT2D eigenvalue weighted by molar-refractivity contribution is 0.619. The number of benzene rings is 1. The van der Waals surface area contributed by atoms with Crippen molar-refractivity contribution in [3.05, 3.63) is 29.3 Å². The predicted octanol–water partition coefficient (Wildman–Crippen LogP) is 4.56. The molecule has 17 heavy (non-hydrogen) atoms. The molecule has 94 valence electrons. The van der Waals surface area contributed by atoms with Gasteiger partial charge in [0.2, 0.25) is 0 Å². The van der Waals surface area contributed by atoms with Crippen LogP contribution in [0.4, 0.5) is 5.69 Å². The van der Waals surface area contributed by atoms with Crippen molar-refractivity contribution in [2.24, 2.45) is 0 Å². The minimum Gasteiger partial charge on any atom is -0.382 e. The molecule has 1 aromatic rings. The first-order chi connectivity index (χ1) is 8.35. The summed E-state index contributed by atoms with van der Waals surface area (Å²) in [6, 6.07) is 7.43. The van der Waals surface area contributed by atoms with Gasteiger partial charge in [-0.2, -0.15) is 0 Å². The van der Waals surface area contributed by atoms with Crippen LogP contribution < -0.4 is 5.32 Å². The minimum atomic E-state index is 0.647. The Hall–Kier alpha value is -0.980. The summed E-state index contributed by atoms with van der Waals surface area (Å²) in [4.78, 5) is 0. The highest BCUT2D eigenvalue weighted by Crippen LogP contribution is 2.28. The molecule has 1 atom stereocenters. The van der Waals surface area contributed by atoms with Crippen molar-refractivity contribution in [3.63, 3.8) is 0 Å². The zero-order valence-corrected chi connectivity index (χ0v) is 11.3. The van der Waals surface area contributed by atoms with Gasteiger partial charge in [-0.05, 0) is 55.7 Å². The van der Waals surface area contributed by atoms with Crippen LogP contribution in [0.1, 0.15) is 57.1 Å². The lowest BCUT2D eigenvalue weighted by Crippen LogP contribution is -2.20. The van der Waals surface area contributed by atoms with Crippen molar-refractivity contribution < 1.29 is 0 Å². The van der Waals surface area contributed by atoms with Crippen LogP contribution in [0.15, 0.2) is 18.2 Å². The van der Waals surface area contributed by atoms with Crippen molar-refractivity contribution in [1.82, 2.24) is 0 Å². The van der Waals surface area contributed by atoms with Crippen LogP contribution in [0.3, 0.4) is 0 Å². The average molecular weight is 231 g/mol. The molecule has 2 rings (SSSR count). The van der Waals surface area contributed by atoms with E-state index < -0.39 is 0 Å². The van der Waals surface area contributed by atoms with Crippen molar-refractivity contribution in [1.29, 1.82) is 0 Å². The van der Waals surface area contributed by atoms with E-state index in [2.05, 4.69) is 37.4 Å². The normalized spacial score (nSPS) is 16.4. The quantitative estimate of drug-likeness (QED) is 0.783. The predicted molar refractivity (Wildman–Crippen MR) is 75.7 cm³/mol. The Morgan fingerprint density at radius 2 is 2.00 bits per heavy atom. The van der Waals surface area contributed by atoms with Crippen molar-refractivity contribution in [2.45, 2.75) is 64.8 Å². The number of hydrogen-bond acceptors (Lipinski definition) is 1. The Kier molecular flexibility index (Phi) is 4.47. The van der Waals surface area contributed by atoms with Crippen molar-refractivity contribution in [3.8, 4) is 0 Å². The van der Waals surface area contributed by atoms with Gasteiger partial charge in [0, 0.05) is 11.7 Å². The Bertz CT molecular complexity index is 357. The summed E-state index contributed by atoms with van der Waals surface area (Å²) in [6.07, 6.45) is 9.02. The molecule has 1 aliphatic carbocycles. The fraction of sp³-hybridized carbons (Fsp3) is 0.625. The molecular formula is C16H25N. The molecule has 0 aromatic heterocycles. The van der Waals surface area contributed by atoms with Gasteiger partial charge in [-0.15, -0.1) is 0 Å². The van der Waals surface area contributed by atoms with Gasteiger partial charge in [0.25, 0.3) is 0 Å². The lowest BCUT2D eigenvalue weighted by Gasteiger charge is -2.24. The maximum atomic E-state index is 3.76. The van der Waals surface area contributed by atoms with Crippen LogP contribution >= 0.6 is 0 Å². The first-order valence-corrected chi connectivity index (χ1v) is 7.22. The highest BCUT2D eigenvalue weighted by molar-refractivity contribution is 5.56. The zero-order valence-electron chi connectivity index (χ0n) is 11.3. The van der Waals surface area contributed by atoms with Crippen LogP contribution in [0.5, 0.6) is 0 Å². The molecule has 1 unspecified atom stereocenters. The van der Waals surface area contributed by atoms with Gasteiger partial charge in [-0.3, -0.25) is 0 Å². The zero-order chi connectivity index (χ0) is 12.1. The summed E-state index contributed by atoms with van der Waals surface area (Å²) < 4.78 is 0. The van der Waals surface area contributed by atoms with Crippen molar-refractivity contribution in [2.75, 3.05) is 5.32 Å². The molecule has 0 radical (unpaired) electrons. The topological polar surface area (TPSA) is 12.0 Å². The van der Waals surface area contributed by atoms with E-state index in [-0.39, 0.29) is 0 Å². The standard InChI is InChI=1S/C16H25N/c1-3-8-14(4-2)17-16-12-7-10-13-9-5-6-11-15(13)16/h7,10,12,14,17H,3-6,8-9,11H2,1-2H3. The molecule has 1 nitrogen and oxygen atoms in total. The van der Waals surface area contributed by atoms with Gasteiger partial charge >= 0.3 is 0 Å². The molecule has 0 amide bonds. The second kappa shape index (κ2) is 6.09. The van der Waals surface area contributed by atoms with E-state index in [0.29, 0.717) is 6.04 Å². The summed E-state index contributed by atoms with van der Waals surface area (Å²) in [6.45, 7) is 4.55. The molecular weight excluding hydrogens is 206 g/mol. The smallest absolute Gasteiger partial charge is 0.0377 e. The Balaban J connectivity index is 2.14. The van der Waals surface area contributed by atoms with E-state index >= 15 is 0 Å². The van der Waals surface area contributed by atoms with E-state index in [4.69, 9.17) is 0 Å². The molecule has 0 heterocycles. The summed E-state index contributed by atoms with van der Waals surface area (Å²) in [5, 5.41) is 3.76. The van der Waals surface area contributed by atoms with Gasteiger partial charge in [0.05, 0.1) is 0 Å². The van der Waals surface area contributed by atoms with E-state index in [1.165, 1.54) is 50.6 Å². The van der Waals surface area contributed by atoms with Crippen LogP contribution in [0.2, 0.25) is 0 Å². The molecule has 0 bridgehead atoms. The maximum Gasteiger partial charge on any atom is 0.0377 e. The third kappa shape index (κ3) is 3.02. The third-order valence-corrected chi connectivity index (χ3v) is 3.89. The van der Waals surface area contributed by atoms with E-state index in [1.54, 1.807) is 11.1 Å². The van der Waals surface area contributed by atoms with Crippen LogP contribution in [0, 0.1) is 0 Å². The van der Waals surface area contributed by atoms with Crippen LogP contribution in [-0.4, -0.2) is 6.04 Å². The van der Waals surface area contributed by atoms with E-state index in [1.807, 2.05) is 0 Å². The molecule has 0 aliphatic heterocycles. The number of nitrogens with one attached hydrogen (secondary N) is 1. The monoisotopic (exact) mass is 231 g/mol. The summed E-state index contributed by atoms with van der Waals surface area (Å²) >= 11 is 0. The van der Waals surface area contributed by atoms with E-state index in [0.717, 1.165) is 0 Å². The average Bonchev–Trinajstić information content (AvgIpc) is 2.38. The molecule has 0 saturated carbocycles. The fourth-order valence-electron chi connectivity index (χ4n) is 2.86. The molecule has 1 aromatic carbocycles. The second-order valence-electron chi connectivity index (χ2n) is 5.19. The highest BCUT2D eigenvalue weighted by atomic mass is 14.9. The molecule has 0 saturated heterocycles.